The number of likely N-dealkylation sites (tertiary alicyclic amines) is 1. The van der Waals surface area contributed by atoms with Gasteiger partial charge in [0.1, 0.15) is 16.3 Å². The Labute approximate surface area is 200 Å². The van der Waals surface area contributed by atoms with Gasteiger partial charge in [-0.25, -0.2) is 28.0 Å². The largest absolute Gasteiger partial charge is 0.465 e. The molecule has 2 amide bonds. The van der Waals surface area contributed by atoms with Crippen LogP contribution in [0.3, 0.4) is 0 Å². The lowest BCUT2D eigenvalue weighted by Crippen LogP contribution is -2.41. The first-order valence-corrected chi connectivity index (χ1v) is 12.6. The van der Waals surface area contributed by atoms with Gasteiger partial charge in [0.25, 0.3) is 10.0 Å². The Hall–Kier alpha value is -2.64. The average molecular weight is 518 g/mol. The second-order valence-electron chi connectivity index (χ2n) is 8.35. The molecule has 0 saturated carbocycles. The predicted molar refractivity (Wildman–Crippen MR) is 124 cm³/mol. The second kappa shape index (κ2) is 9.31. The Balaban J connectivity index is 1.92. The van der Waals surface area contributed by atoms with Crippen molar-refractivity contribution in [3.63, 3.8) is 0 Å². The molecule has 0 spiro atoms. The fourth-order valence-corrected chi connectivity index (χ4v) is 5.44. The van der Waals surface area contributed by atoms with Crippen molar-refractivity contribution in [3.8, 4) is 0 Å². The number of nitrogens with zero attached hydrogens (tertiary/aromatic N) is 5. The van der Waals surface area contributed by atoms with Gasteiger partial charge in [-0.05, 0) is 33.3 Å². The lowest BCUT2D eigenvalue weighted by atomic mass is 10.2. The Kier molecular flexibility index (Phi) is 7.05. The number of rotatable bonds is 5. The van der Waals surface area contributed by atoms with Gasteiger partial charge in [-0.15, -0.1) is 15.6 Å². The van der Waals surface area contributed by atoms with E-state index in [4.69, 9.17) is 21.4 Å². The zero-order valence-electron chi connectivity index (χ0n) is 18.4. The fourth-order valence-electron chi connectivity index (χ4n) is 3.25. The molecular weight excluding hydrogens is 494 g/mol. The summed E-state index contributed by atoms with van der Waals surface area (Å²) in [5.41, 5.74) is 0.460. The van der Waals surface area contributed by atoms with E-state index in [9.17, 15) is 18.0 Å². The lowest BCUT2D eigenvalue weighted by Gasteiger charge is -2.27. The summed E-state index contributed by atoms with van der Waals surface area (Å²) >= 11 is 7.50. The first-order chi connectivity index (χ1) is 15.3. The molecule has 1 atom stereocenters. The maximum absolute atomic E-state index is 13.4. The second-order valence-corrected chi connectivity index (χ2v) is 11.3. The molecule has 1 aliphatic heterocycles. The van der Waals surface area contributed by atoms with Gasteiger partial charge in [-0.1, -0.05) is 11.6 Å². The summed E-state index contributed by atoms with van der Waals surface area (Å²) in [5.74, 6) is 0.191. The first kappa shape index (κ1) is 25.0. The number of ether oxygens (including phenoxy) is 1. The van der Waals surface area contributed by atoms with E-state index in [0.29, 0.717) is 23.1 Å². The zero-order valence-corrected chi connectivity index (χ0v) is 20.8. The van der Waals surface area contributed by atoms with Crippen molar-refractivity contribution in [1.29, 1.82) is 0 Å². The van der Waals surface area contributed by atoms with Crippen LogP contribution in [0.4, 0.5) is 21.2 Å². The average Bonchev–Trinajstić information content (AvgIpc) is 3.38. The molecule has 0 aromatic carbocycles. The third-order valence-electron chi connectivity index (χ3n) is 4.84. The number of carbonyl (C=O) groups is 2. The van der Waals surface area contributed by atoms with Crippen molar-refractivity contribution in [1.82, 2.24) is 14.9 Å². The minimum absolute atomic E-state index is 0.0368. The SMILES string of the molecule is CN(c1ncc(S(=O)(=O)N(C(=O)OC(C)(C)C)c2cscn2)cc1Cl)[C@@H]1CCN(C(=O)O)C1. The quantitative estimate of drug-likeness (QED) is 0.632. The number of pyridine rings is 1. The molecule has 3 heterocycles. The summed E-state index contributed by atoms with van der Waals surface area (Å²) in [5, 5.41) is 10.6. The van der Waals surface area contributed by atoms with Crippen LogP contribution in [0.15, 0.2) is 28.0 Å². The molecule has 0 bridgehead atoms. The van der Waals surface area contributed by atoms with Gasteiger partial charge >= 0.3 is 12.2 Å². The number of amides is 2. The van der Waals surface area contributed by atoms with Gasteiger partial charge in [0, 0.05) is 37.8 Å². The summed E-state index contributed by atoms with van der Waals surface area (Å²) in [6.07, 6.45) is -0.432. The van der Waals surface area contributed by atoms with Crippen molar-refractivity contribution in [3.05, 3.63) is 28.2 Å². The van der Waals surface area contributed by atoms with Crippen molar-refractivity contribution in [2.24, 2.45) is 0 Å². The Bertz CT molecular complexity index is 1140. The van der Waals surface area contributed by atoms with Crippen LogP contribution in [0.2, 0.25) is 5.02 Å². The van der Waals surface area contributed by atoms with Crippen LogP contribution in [-0.2, 0) is 14.8 Å². The molecule has 180 valence electrons. The number of likely N-dealkylation sites (N-methyl/N-ethyl adjacent to an activating group) is 1. The highest BCUT2D eigenvalue weighted by Gasteiger charge is 2.37. The minimum Gasteiger partial charge on any atom is -0.465 e. The highest BCUT2D eigenvalue weighted by Crippen LogP contribution is 2.31. The maximum Gasteiger partial charge on any atom is 0.430 e. The predicted octanol–water partition coefficient (Wildman–Crippen LogP) is 3.51. The number of hydrogen-bond donors (Lipinski definition) is 1. The molecule has 1 aliphatic rings. The molecule has 3 rings (SSSR count). The van der Waals surface area contributed by atoms with Gasteiger partial charge < -0.3 is 19.6 Å². The van der Waals surface area contributed by atoms with Crippen molar-refractivity contribution in [2.45, 2.75) is 43.7 Å². The molecule has 2 aromatic rings. The van der Waals surface area contributed by atoms with Crippen LogP contribution in [-0.4, -0.2) is 72.4 Å². The van der Waals surface area contributed by atoms with E-state index in [2.05, 4.69) is 9.97 Å². The van der Waals surface area contributed by atoms with Gasteiger partial charge in [-0.2, -0.15) is 0 Å². The standard InChI is InChI=1S/C19H24ClN5O6S2/c1-19(2,3)31-18(28)25(15-10-32-11-22-15)33(29,30)13-7-14(20)16(21-8-13)23(4)12-5-6-24(9-12)17(26)27/h7-8,10-12H,5-6,9H2,1-4H3,(H,26,27)/t12-/m1/s1. The number of carbonyl (C=O) groups excluding carboxylic acids is 1. The van der Waals surface area contributed by atoms with Crippen LogP contribution in [0, 0.1) is 0 Å². The van der Waals surface area contributed by atoms with Crippen LogP contribution < -0.4 is 9.21 Å². The Morgan fingerprint density at radius 1 is 1.33 bits per heavy atom. The summed E-state index contributed by atoms with van der Waals surface area (Å²) in [6, 6.07) is 1.03. The summed E-state index contributed by atoms with van der Waals surface area (Å²) in [4.78, 5) is 34.8. The normalized spacial score (nSPS) is 16.5. The number of hydrogen-bond acceptors (Lipinski definition) is 9. The zero-order chi connectivity index (χ0) is 24.6. The smallest absolute Gasteiger partial charge is 0.430 e. The number of thiazole rings is 1. The van der Waals surface area contributed by atoms with Gasteiger partial charge in [0.15, 0.2) is 5.82 Å². The molecule has 11 nitrogen and oxygen atoms in total. The van der Waals surface area contributed by atoms with Gasteiger partial charge in [0.05, 0.1) is 10.5 Å². The molecule has 14 heteroatoms. The fraction of sp³-hybridized carbons (Fsp3) is 0.474. The third-order valence-corrected chi connectivity index (χ3v) is 7.33. The van der Waals surface area contributed by atoms with E-state index < -0.39 is 27.8 Å². The van der Waals surface area contributed by atoms with E-state index in [0.717, 1.165) is 17.5 Å². The number of aromatic nitrogens is 2. The highest BCUT2D eigenvalue weighted by molar-refractivity contribution is 7.93. The van der Waals surface area contributed by atoms with Crippen molar-refractivity contribution < 1.29 is 27.9 Å². The van der Waals surface area contributed by atoms with Crippen molar-refractivity contribution >= 4 is 56.8 Å². The van der Waals surface area contributed by atoms with Gasteiger partial charge in [-0.3, -0.25) is 0 Å². The van der Waals surface area contributed by atoms with E-state index in [1.807, 2.05) is 0 Å². The van der Waals surface area contributed by atoms with E-state index in [-0.39, 0.29) is 28.3 Å². The molecule has 2 aromatic heterocycles. The molecule has 1 saturated heterocycles. The number of sulfonamides is 1. The highest BCUT2D eigenvalue weighted by atomic mass is 35.5. The molecule has 0 unspecified atom stereocenters. The molecular formula is C19H24ClN5O6S2. The monoisotopic (exact) mass is 517 g/mol. The number of carboxylic acid groups (broad SMARTS) is 1. The van der Waals surface area contributed by atoms with Crippen LogP contribution in [0.1, 0.15) is 27.2 Å². The summed E-state index contributed by atoms with van der Waals surface area (Å²) in [7, 11) is -2.74. The van der Waals surface area contributed by atoms with E-state index in [1.54, 1.807) is 32.7 Å². The lowest BCUT2D eigenvalue weighted by molar-refractivity contribution is 0.0608. The number of anilines is 2. The molecule has 1 fully saturated rings. The topological polar surface area (TPSA) is 133 Å². The van der Waals surface area contributed by atoms with Crippen molar-refractivity contribution in [2.75, 3.05) is 29.3 Å². The minimum atomic E-state index is -4.45. The summed E-state index contributed by atoms with van der Waals surface area (Å²) in [6.45, 7) is 5.52. The van der Waals surface area contributed by atoms with Crippen LogP contribution in [0.25, 0.3) is 0 Å². The number of halogens is 1. The molecule has 33 heavy (non-hydrogen) atoms. The maximum atomic E-state index is 13.4. The van der Waals surface area contributed by atoms with Crippen LogP contribution >= 0.6 is 22.9 Å². The summed E-state index contributed by atoms with van der Waals surface area (Å²) < 4.78 is 32.5. The molecule has 0 radical (unpaired) electrons. The molecule has 1 N–H and O–H groups in total. The Morgan fingerprint density at radius 2 is 2.03 bits per heavy atom. The van der Waals surface area contributed by atoms with Gasteiger partial charge in [0.2, 0.25) is 0 Å². The molecule has 0 aliphatic carbocycles. The Morgan fingerprint density at radius 3 is 2.55 bits per heavy atom. The van der Waals surface area contributed by atoms with E-state index in [1.165, 1.54) is 21.9 Å². The van der Waals surface area contributed by atoms with Crippen LogP contribution in [0.5, 0.6) is 0 Å². The third kappa shape index (κ3) is 5.47. The van der Waals surface area contributed by atoms with E-state index >= 15 is 0 Å². The first-order valence-electron chi connectivity index (χ1n) is 9.84.